The van der Waals surface area contributed by atoms with Gasteiger partial charge < -0.3 is 10.2 Å². The molecule has 20 heavy (non-hydrogen) atoms. The Morgan fingerprint density at radius 2 is 1.85 bits per heavy atom. The fourth-order valence-corrected chi connectivity index (χ4v) is 2.83. The predicted molar refractivity (Wildman–Crippen MR) is 83.6 cm³/mol. The number of anilines is 1. The van der Waals surface area contributed by atoms with Crippen molar-refractivity contribution in [1.29, 1.82) is 0 Å². The van der Waals surface area contributed by atoms with Crippen molar-refractivity contribution in [3.63, 3.8) is 0 Å². The van der Waals surface area contributed by atoms with Crippen molar-refractivity contribution in [2.75, 3.05) is 31.5 Å². The van der Waals surface area contributed by atoms with E-state index in [0.717, 1.165) is 12.2 Å². The van der Waals surface area contributed by atoms with Crippen molar-refractivity contribution < 1.29 is 4.39 Å². The Bertz CT molecular complexity index is 371. The largest absolute Gasteiger partial charge is 0.385 e. The van der Waals surface area contributed by atoms with Gasteiger partial charge in [0.2, 0.25) is 0 Å². The maximum atomic E-state index is 12.8. The molecule has 1 fully saturated rings. The summed E-state index contributed by atoms with van der Waals surface area (Å²) in [5, 5.41) is 3.43. The van der Waals surface area contributed by atoms with Gasteiger partial charge in [-0.3, -0.25) is 0 Å². The molecule has 0 saturated carbocycles. The van der Waals surface area contributed by atoms with Crippen LogP contribution in [0, 0.1) is 11.7 Å². The number of rotatable bonds is 7. The first-order valence-corrected chi connectivity index (χ1v) is 7.99. The highest BCUT2D eigenvalue weighted by Crippen LogP contribution is 2.15. The van der Waals surface area contributed by atoms with E-state index in [1.807, 2.05) is 12.1 Å². The minimum atomic E-state index is -0.173. The Balaban J connectivity index is 1.70. The van der Waals surface area contributed by atoms with Crippen LogP contribution in [0.1, 0.15) is 39.0 Å². The molecule has 0 aliphatic carbocycles. The first-order valence-electron chi connectivity index (χ1n) is 7.99. The van der Waals surface area contributed by atoms with Gasteiger partial charge in [-0.2, -0.15) is 0 Å². The number of hydrogen-bond donors (Lipinski definition) is 1. The number of halogens is 1. The van der Waals surface area contributed by atoms with Gasteiger partial charge >= 0.3 is 0 Å². The molecule has 2 nitrogen and oxygen atoms in total. The van der Waals surface area contributed by atoms with E-state index in [4.69, 9.17) is 0 Å². The Labute approximate surface area is 122 Å². The molecule has 1 N–H and O–H groups in total. The molecule has 0 spiro atoms. The average Bonchev–Trinajstić information content (AvgIpc) is 2.50. The van der Waals surface area contributed by atoms with Gasteiger partial charge in [-0.05, 0) is 69.1 Å². The van der Waals surface area contributed by atoms with Crippen molar-refractivity contribution in [2.45, 2.75) is 39.0 Å². The third kappa shape index (κ3) is 5.12. The second-order valence-electron chi connectivity index (χ2n) is 5.85. The number of nitrogens with one attached hydrogen (secondary N) is 1. The van der Waals surface area contributed by atoms with E-state index in [-0.39, 0.29) is 5.82 Å². The molecule has 0 aromatic heterocycles. The van der Waals surface area contributed by atoms with Gasteiger partial charge in [0.25, 0.3) is 0 Å². The normalized spacial score (nSPS) is 17.9. The van der Waals surface area contributed by atoms with E-state index in [1.165, 1.54) is 63.9 Å². The van der Waals surface area contributed by atoms with E-state index in [2.05, 4.69) is 17.1 Å². The summed E-state index contributed by atoms with van der Waals surface area (Å²) in [7, 11) is 0. The molecule has 112 valence electrons. The molecule has 0 bridgehead atoms. The summed E-state index contributed by atoms with van der Waals surface area (Å²) in [5.41, 5.74) is 1.02. The van der Waals surface area contributed by atoms with Gasteiger partial charge in [-0.1, -0.05) is 19.8 Å². The highest BCUT2D eigenvalue weighted by atomic mass is 19.1. The van der Waals surface area contributed by atoms with Crippen LogP contribution in [0.3, 0.4) is 0 Å². The minimum absolute atomic E-state index is 0.173. The maximum Gasteiger partial charge on any atom is 0.123 e. The first kappa shape index (κ1) is 15.3. The summed E-state index contributed by atoms with van der Waals surface area (Å²) in [5.74, 6) is 0.523. The number of nitrogens with zero attached hydrogens (tertiary/aromatic N) is 1. The Kier molecular flexibility index (Phi) is 6.31. The van der Waals surface area contributed by atoms with Crippen molar-refractivity contribution in [3.05, 3.63) is 30.1 Å². The average molecular weight is 278 g/mol. The molecule has 1 atom stereocenters. The minimum Gasteiger partial charge on any atom is -0.385 e. The zero-order valence-electron chi connectivity index (χ0n) is 12.6. The zero-order valence-corrected chi connectivity index (χ0v) is 12.6. The quantitative estimate of drug-likeness (QED) is 0.806. The van der Waals surface area contributed by atoms with Gasteiger partial charge in [-0.15, -0.1) is 0 Å². The SMILES string of the molecule is CCC(CCN1CCCCC1)CNc1ccc(F)cc1. The summed E-state index contributed by atoms with van der Waals surface area (Å²) in [6.45, 7) is 7.02. The van der Waals surface area contributed by atoms with Gasteiger partial charge in [0, 0.05) is 12.2 Å². The van der Waals surface area contributed by atoms with Crippen LogP contribution in [0.2, 0.25) is 0 Å². The maximum absolute atomic E-state index is 12.8. The van der Waals surface area contributed by atoms with Crippen LogP contribution < -0.4 is 5.32 Å². The molecule has 1 aromatic carbocycles. The van der Waals surface area contributed by atoms with E-state index in [1.54, 1.807) is 0 Å². The Morgan fingerprint density at radius 1 is 1.15 bits per heavy atom. The molecule has 1 saturated heterocycles. The zero-order chi connectivity index (χ0) is 14.2. The molecule has 3 heteroatoms. The highest BCUT2D eigenvalue weighted by Gasteiger charge is 2.12. The lowest BCUT2D eigenvalue weighted by atomic mass is 10.0. The van der Waals surface area contributed by atoms with Crippen molar-refractivity contribution in [2.24, 2.45) is 5.92 Å². The van der Waals surface area contributed by atoms with Crippen LogP contribution >= 0.6 is 0 Å². The van der Waals surface area contributed by atoms with E-state index in [9.17, 15) is 4.39 Å². The van der Waals surface area contributed by atoms with Gasteiger partial charge in [0.1, 0.15) is 5.82 Å². The summed E-state index contributed by atoms with van der Waals surface area (Å²) >= 11 is 0. The number of piperidine rings is 1. The van der Waals surface area contributed by atoms with Crippen molar-refractivity contribution in [1.82, 2.24) is 4.90 Å². The second kappa shape index (κ2) is 8.25. The van der Waals surface area contributed by atoms with Crippen LogP contribution in [-0.4, -0.2) is 31.1 Å². The van der Waals surface area contributed by atoms with Gasteiger partial charge in [0.05, 0.1) is 0 Å². The van der Waals surface area contributed by atoms with Crippen LogP contribution in [0.4, 0.5) is 10.1 Å². The van der Waals surface area contributed by atoms with Crippen LogP contribution in [0.25, 0.3) is 0 Å². The molecular formula is C17H27FN2. The first-order chi connectivity index (χ1) is 9.78. The number of hydrogen-bond acceptors (Lipinski definition) is 2. The fourth-order valence-electron chi connectivity index (χ4n) is 2.83. The highest BCUT2D eigenvalue weighted by molar-refractivity contribution is 5.42. The summed E-state index contributed by atoms with van der Waals surface area (Å²) < 4.78 is 12.8. The van der Waals surface area contributed by atoms with E-state index in [0.29, 0.717) is 5.92 Å². The molecule has 1 unspecified atom stereocenters. The third-order valence-electron chi connectivity index (χ3n) is 4.32. The molecule has 2 rings (SSSR count). The molecule has 0 amide bonds. The number of benzene rings is 1. The molecular weight excluding hydrogens is 251 g/mol. The van der Waals surface area contributed by atoms with E-state index < -0.39 is 0 Å². The van der Waals surface area contributed by atoms with Crippen molar-refractivity contribution >= 4 is 5.69 Å². The smallest absolute Gasteiger partial charge is 0.123 e. The lowest BCUT2D eigenvalue weighted by Gasteiger charge is -2.28. The monoisotopic (exact) mass is 278 g/mol. The molecule has 1 aliphatic heterocycles. The van der Waals surface area contributed by atoms with E-state index >= 15 is 0 Å². The predicted octanol–water partition coefficient (Wildman–Crippen LogP) is 4.14. The number of likely N-dealkylation sites (tertiary alicyclic amines) is 1. The van der Waals surface area contributed by atoms with Crippen LogP contribution in [0.5, 0.6) is 0 Å². The molecule has 1 heterocycles. The lowest BCUT2D eigenvalue weighted by Crippen LogP contribution is -2.32. The molecule has 1 aromatic rings. The van der Waals surface area contributed by atoms with Crippen LogP contribution in [-0.2, 0) is 0 Å². The standard InChI is InChI=1S/C17H27FN2/c1-2-15(10-13-20-11-4-3-5-12-20)14-19-17-8-6-16(18)7-9-17/h6-9,15,19H,2-5,10-14H2,1H3. The van der Waals surface area contributed by atoms with Crippen LogP contribution in [0.15, 0.2) is 24.3 Å². The summed E-state index contributed by atoms with van der Waals surface area (Å²) in [6, 6.07) is 6.65. The van der Waals surface area contributed by atoms with Crippen molar-refractivity contribution in [3.8, 4) is 0 Å². The lowest BCUT2D eigenvalue weighted by molar-refractivity contribution is 0.213. The molecule has 1 aliphatic rings. The summed E-state index contributed by atoms with van der Waals surface area (Å²) in [6.07, 6.45) is 6.59. The van der Waals surface area contributed by atoms with Gasteiger partial charge in [-0.25, -0.2) is 4.39 Å². The Hall–Kier alpha value is -1.09. The topological polar surface area (TPSA) is 15.3 Å². The Morgan fingerprint density at radius 3 is 2.50 bits per heavy atom. The third-order valence-corrected chi connectivity index (χ3v) is 4.32. The second-order valence-corrected chi connectivity index (χ2v) is 5.85. The fraction of sp³-hybridized carbons (Fsp3) is 0.647. The summed E-state index contributed by atoms with van der Waals surface area (Å²) in [4.78, 5) is 2.60. The molecule has 0 radical (unpaired) electrons. The van der Waals surface area contributed by atoms with Gasteiger partial charge in [0.15, 0.2) is 0 Å².